The number of benzene rings is 2. The van der Waals surface area contributed by atoms with Crippen LogP contribution >= 0.6 is 23.2 Å². The molecule has 2 aromatic carbocycles. The summed E-state index contributed by atoms with van der Waals surface area (Å²) in [4.78, 5) is 6.48. The number of halogens is 2. The van der Waals surface area contributed by atoms with Gasteiger partial charge in [-0.1, -0.05) is 30.1 Å². The predicted octanol–water partition coefficient (Wildman–Crippen LogP) is 6.12. The molecule has 32 heavy (non-hydrogen) atoms. The van der Waals surface area contributed by atoms with Crippen molar-refractivity contribution < 1.29 is 17.6 Å². The lowest BCUT2D eigenvalue weighted by Crippen LogP contribution is -2.33. The quantitative estimate of drug-likeness (QED) is 0.411. The Hall–Kier alpha value is -2.22. The lowest BCUT2D eigenvalue weighted by atomic mass is 9.99. The number of ether oxygens (including phenoxy) is 1. The Morgan fingerprint density at radius 2 is 1.81 bits per heavy atom. The van der Waals surface area contributed by atoms with E-state index in [4.69, 9.17) is 32.4 Å². The average Bonchev–Trinajstić information content (AvgIpc) is 3.21. The molecule has 0 radical (unpaired) electrons. The van der Waals surface area contributed by atoms with E-state index >= 15 is 0 Å². The van der Waals surface area contributed by atoms with Gasteiger partial charge in [-0.3, -0.25) is 0 Å². The van der Waals surface area contributed by atoms with Crippen LogP contribution in [0.3, 0.4) is 0 Å². The van der Waals surface area contributed by atoms with Gasteiger partial charge < -0.3 is 14.1 Å². The molecular formula is C23H24Cl2N2O4S. The molecular weight excluding hydrogens is 471 g/mol. The van der Waals surface area contributed by atoms with Crippen LogP contribution in [0.2, 0.25) is 10.0 Å². The Morgan fingerprint density at radius 1 is 1.12 bits per heavy atom. The van der Waals surface area contributed by atoms with Crippen LogP contribution in [-0.2, 0) is 9.84 Å². The van der Waals surface area contributed by atoms with Crippen molar-refractivity contribution in [3.05, 3.63) is 52.5 Å². The number of hydrogen-bond donors (Lipinski definition) is 0. The molecule has 0 unspecified atom stereocenters. The third-order valence-electron chi connectivity index (χ3n) is 5.51. The molecule has 0 N–H and O–H groups in total. The van der Waals surface area contributed by atoms with Crippen LogP contribution in [0.5, 0.6) is 5.75 Å². The summed E-state index contributed by atoms with van der Waals surface area (Å²) >= 11 is 12.4. The Kier molecular flexibility index (Phi) is 6.70. The molecule has 6 nitrogen and oxygen atoms in total. The number of oxazole rings is 1. The van der Waals surface area contributed by atoms with Crippen LogP contribution in [0.25, 0.3) is 11.5 Å². The van der Waals surface area contributed by atoms with E-state index in [1.54, 1.807) is 30.3 Å². The van der Waals surface area contributed by atoms with Gasteiger partial charge in [0.25, 0.3) is 0 Å². The monoisotopic (exact) mass is 494 g/mol. The SMILES string of the molecule is CCOc1ccc(S(=O)(=O)c2nc(-c3ccc(Cl)cc3Cl)oc2N2CCC(C)CC2)cc1. The van der Waals surface area contributed by atoms with E-state index in [1.165, 1.54) is 12.1 Å². The minimum atomic E-state index is -3.94. The fourth-order valence-electron chi connectivity index (χ4n) is 3.66. The third-order valence-corrected chi connectivity index (χ3v) is 7.73. The summed E-state index contributed by atoms with van der Waals surface area (Å²) in [6.45, 7) is 5.94. The highest BCUT2D eigenvalue weighted by molar-refractivity contribution is 7.91. The highest BCUT2D eigenvalue weighted by atomic mass is 35.5. The standard InChI is InChI=1S/C23H24Cl2N2O4S/c1-3-30-17-5-7-18(8-6-17)32(28,29)22-23(27-12-10-15(2)11-13-27)31-21(26-22)19-9-4-16(24)14-20(19)25/h4-9,14-15H,3,10-13H2,1-2H3. The number of sulfone groups is 1. The lowest BCUT2D eigenvalue weighted by Gasteiger charge is -2.30. The summed E-state index contributed by atoms with van der Waals surface area (Å²) in [5.41, 5.74) is 0.482. The summed E-state index contributed by atoms with van der Waals surface area (Å²) in [7, 11) is -3.94. The first-order valence-electron chi connectivity index (χ1n) is 10.5. The van der Waals surface area contributed by atoms with Gasteiger partial charge in [-0.05, 0) is 68.1 Å². The zero-order chi connectivity index (χ0) is 22.9. The van der Waals surface area contributed by atoms with Crippen molar-refractivity contribution in [1.82, 2.24) is 4.98 Å². The average molecular weight is 495 g/mol. The second-order valence-corrected chi connectivity index (χ2v) is 10.5. The minimum absolute atomic E-state index is 0.114. The van der Waals surface area contributed by atoms with Crippen LogP contribution in [-0.4, -0.2) is 33.1 Å². The van der Waals surface area contributed by atoms with E-state index in [9.17, 15) is 8.42 Å². The minimum Gasteiger partial charge on any atom is -0.494 e. The van der Waals surface area contributed by atoms with Crippen molar-refractivity contribution in [1.29, 1.82) is 0 Å². The number of aromatic nitrogens is 1. The number of nitrogens with zero attached hydrogens (tertiary/aromatic N) is 2. The molecule has 9 heteroatoms. The first-order valence-corrected chi connectivity index (χ1v) is 12.7. The summed E-state index contributed by atoms with van der Waals surface area (Å²) in [5, 5.41) is 0.692. The van der Waals surface area contributed by atoms with Gasteiger partial charge in [0, 0.05) is 18.1 Å². The fourth-order valence-corrected chi connectivity index (χ4v) is 5.47. The van der Waals surface area contributed by atoms with Gasteiger partial charge in [0.15, 0.2) is 0 Å². The zero-order valence-electron chi connectivity index (χ0n) is 17.8. The van der Waals surface area contributed by atoms with Crippen LogP contribution in [0, 0.1) is 5.92 Å². The van der Waals surface area contributed by atoms with Crippen molar-refractivity contribution in [3.8, 4) is 17.2 Å². The van der Waals surface area contributed by atoms with E-state index in [2.05, 4.69) is 11.9 Å². The molecule has 0 bridgehead atoms. The van der Waals surface area contributed by atoms with Crippen molar-refractivity contribution in [3.63, 3.8) is 0 Å². The Bertz CT molecular complexity index is 1200. The van der Waals surface area contributed by atoms with E-state index < -0.39 is 9.84 Å². The first-order chi connectivity index (χ1) is 15.3. The predicted molar refractivity (Wildman–Crippen MR) is 126 cm³/mol. The molecule has 170 valence electrons. The second-order valence-electron chi connectivity index (χ2n) is 7.83. The van der Waals surface area contributed by atoms with E-state index in [0.717, 1.165) is 12.8 Å². The molecule has 4 rings (SSSR count). The summed E-state index contributed by atoms with van der Waals surface area (Å²) < 4.78 is 38.6. The van der Waals surface area contributed by atoms with E-state index in [-0.39, 0.29) is 21.7 Å². The highest BCUT2D eigenvalue weighted by Crippen LogP contribution is 2.39. The third kappa shape index (κ3) is 4.60. The molecule has 0 atom stereocenters. The van der Waals surface area contributed by atoms with Crippen LogP contribution in [0.15, 0.2) is 56.8 Å². The summed E-state index contributed by atoms with van der Waals surface area (Å²) in [6, 6.07) is 11.2. The second kappa shape index (κ2) is 9.33. The normalized spacial score (nSPS) is 15.2. The molecule has 0 saturated carbocycles. The molecule has 1 saturated heterocycles. The van der Waals surface area contributed by atoms with Crippen molar-refractivity contribution in [2.75, 3.05) is 24.6 Å². The molecule has 0 aliphatic carbocycles. The van der Waals surface area contributed by atoms with E-state index in [1.807, 2.05) is 11.8 Å². The van der Waals surface area contributed by atoms with Crippen LogP contribution < -0.4 is 9.64 Å². The molecule has 1 aliphatic rings. The molecule has 2 heterocycles. The molecule has 1 fully saturated rings. The Labute approximate surface area is 198 Å². The largest absolute Gasteiger partial charge is 0.494 e. The molecule has 0 amide bonds. The maximum atomic E-state index is 13.6. The van der Waals surface area contributed by atoms with Crippen molar-refractivity contribution in [2.45, 2.75) is 36.6 Å². The first kappa shape index (κ1) is 23.0. The number of hydrogen-bond acceptors (Lipinski definition) is 6. The maximum absolute atomic E-state index is 13.6. The smallest absolute Gasteiger partial charge is 0.236 e. The fraction of sp³-hybridized carbons (Fsp3) is 0.348. The lowest BCUT2D eigenvalue weighted by molar-refractivity contribution is 0.340. The van der Waals surface area contributed by atoms with Gasteiger partial charge in [-0.15, -0.1) is 0 Å². The topological polar surface area (TPSA) is 72.6 Å². The summed E-state index contributed by atoms with van der Waals surface area (Å²) in [5.74, 6) is 1.56. The number of anilines is 1. The van der Waals surface area contributed by atoms with Crippen molar-refractivity contribution >= 4 is 38.9 Å². The zero-order valence-corrected chi connectivity index (χ0v) is 20.2. The van der Waals surface area contributed by atoms with E-state index in [0.29, 0.717) is 47.0 Å². The van der Waals surface area contributed by atoms with Gasteiger partial charge in [-0.2, -0.15) is 4.98 Å². The number of piperidine rings is 1. The van der Waals surface area contributed by atoms with Crippen LogP contribution in [0.1, 0.15) is 26.7 Å². The van der Waals surface area contributed by atoms with Crippen molar-refractivity contribution in [2.24, 2.45) is 5.92 Å². The summed E-state index contributed by atoms with van der Waals surface area (Å²) in [6.07, 6.45) is 1.89. The molecule has 0 spiro atoms. The van der Waals surface area contributed by atoms with Gasteiger partial charge in [0.1, 0.15) is 5.75 Å². The van der Waals surface area contributed by atoms with Gasteiger partial charge in [-0.25, -0.2) is 8.42 Å². The van der Waals surface area contributed by atoms with Gasteiger partial charge in [0.2, 0.25) is 26.6 Å². The molecule has 1 aromatic heterocycles. The van der Waals surface area contributed by atoms with Gasteiger partial charge >= 0.3 is 0 Å². The Morgan fingerprint density at radius 3 is 2.44 bits per heavy atom. The molecule has 3 aromatic rings. The highest BCUT2D eigenvalue weighted by Gasteiger charge is 2.33. The van der Waals surface area contributed by atoms with Crippen LogP contribution in [0.4, 0.5) is 5.88 Å². The Balaban J connectivity index is 1.80. The number of rotatable bonds is 6. The molecule has 1 aliphatic heterocycles. The van der Waals surface area contributed by atoms with Gasteiger partial charge in [0.05, 0.1) is 22.1 Å². The maximum Gasteiger partial charge on any atom is 0.236 e.